The molecule has 6 nitrogen and oxygen atoms in total. The van der Waals surface area contributed by atoms with Crippen molar-refractivity contribution in [1.82, 2.24) is 4.90 Å². The van der Waals surface area contributed by atoms with Crippen molar-refractivity contribution in [3.05, 3.63) is 24.3 Å². The molecule has 24 heavy (non-hydrogen) atoms. The molecule has 0 bridgehead atoms. The highest BCUT2D eigenvalue weighted by Crippen LogP contribution is 2.47. The van der Waals surface area contributed by atoms with Crippen LogP contribution in [0.3, 0.4) is 0 Å². The molecule has 0 aromatic heterocycles. The van der Waals surface area contributed by atoms with Crippen LogP contribution in [0.1, 0.15) is 39.0 Å². The fraction of sp³-hybridized carbons (Fsp3) is 0.500. The third kappa shape index (κ3) is 2.66. The molecule has 1 saturated carbocycles. The van der Waals surface area contributed by atoms with E-state index in [1.165, 1.54) is 7.11 Å². The fourth-order valence-corrected chi connectivity index (χ4v) is 3.76. The van der Waals surface area contributed by atoms with E-state index in [1.807, 2.05) is 0 Å². The van der Waals surface area contributed by atoms with E-state index in [2.05, 4.69) is 5.32 Å². The highest BCUT2D eigenvalue weighted by Gasteiger charge is 2.54. The molecule has 1 aromatic rings. The Bertz CT molecular complexity index is 679. The van der Waals surface area contributed by atoms with Gasteiger partial charge in [0, 0.05) is 6.42 Å². The number of ether oxygens (including phenoxy) is 1. The number of hydrogen-bond donors (Lipinski definition) is 1. The first-order valence-corrected chi connectivity index (χ1v) is 8.29. The smallest absolute Gasteiger partial charge is 0.247 e. The largest absolute Gasteiger partial charge is 0.495 e. The number of benzene rings is 1. The molecular weight excluding hydrogens is 308 g/mol. The topological polar surface area (TPSA) is 75.7 Å². The number of imide groups is 1. The Morgan fingerprint density at radius 1 is 1.25 bits per heavy atom. The Morgan fingerprint density at radius 2 is 1.92 bits per heavy atom. The minimum absolute atomic E-state index is 0.187. The Hall–Kier alpha value is -2.37. The molecule has 1 N–H and O–H groups in total. The molecule has 1 aliphatic carbocycles. The molecule has 0 radical (unpaired) electrons. The van der Waals surface area contributed by atoms with Crippen molar-refractivity contribution in [2.45, 2.75) is 45.1 Å². The maximum absolute atomic E-state index is 12.8. The molecule has 1 heterocycles. The van der Waals surface area contributed by atoms with Gasteiger partial charge in [-0.1, -0.05) is 25.0 Å². The number of amides is 3. The first-order chi connectivity index (χ1) is 11.5. The van der Waals surface area contributed by atoms with Crippen LogP contribution in [0, 0.1) is 5.41 Å². The minimum Gasteiger partial charge on any atom is -0.495 e. The Morgan fingerprint density at radius 3 is 2.58 bits per heavy atom. The lowest BCUT2D eigenvalue weighted by molar-refractivity contribution is -0.147. The maximum atomic E-state index is 12.8. The summed E-state index contributed by atoms with van der Waals surface area (Å²) in [5, 5.41) is 2.75. The molecular formula is C18H22N2O4. The summed E-state index contributed by atoms with van der Waals surface area (Å²) in [6.45, 7) is 1.59. The van der Waals surface area contributed by atoms with Gasteiger partial charge in [-0.3, -0.25) is 19.3 Å². The minimum atomic E-state index is -0.838. The van der Waals surface area contributed by atoms with Crippen LogP contribution in [0.5, 0.6) is 5.75 Å². The zero-order valence-electron chi connectivity index (χ0n) is 14.0. The first kappa shape index (κ1) is 16.5. The highest BCUT2D eigenvalue weighted by molar-refractivity contribution is 6.10. The number of nitrogens with one attached hydrogen (secondary N) is 1. The molecule has 3 rings (SSSR count). The van der Waals surface area contributed by atoms with Gasteiger partial charge < -0.3 is 10.1 Å². The van der Waals surface area contributed by atoms with Crippen LogP contribution in [0.4, 0.5) is 5.69 Å². The number of para-hydroxylation sites is 2. The van der Waals surface area contributed by atoms with Crippen molar-refractivity contribution in [2.75, 3.05) is 12.4 Å². The molecule has 3 amide bonds. The van der Waals surface area contributed by atoms with Crippen LogP contribution in [0.15, 0.2) is 24.3 Å². The first-order valence-electron chi connectivity index (χ1n) is 8.29. The number of hydrogen-bond acceptors (Lipinski definition) is 4. The summed E-state index contributed by atoms with van der Waals surface area (Å²) in [6, 6.07) is 6.20. The standard InChI is InChI=1S/C18H22N2O4/c1-12(16(22)19-13-7-3-4-8-14(13)24-2)20-15(21)11-18(17(20)23)9-5-6-10-18/h3-4,7-8,12H,5-6,9-11H2,1-2H3,(H,19,22)/t12-/m1/s1. The monoisotopic (exact) mass is 330 g/mol. The van der Waals surface area contributed by atoms with Gasteiger partial charge in [-0.15, -0.1) is 0 Å². The average molecular weight is 330 g/mol. The molecule has 1 spiro atoms. The highest BCUT2D eigenvalue weighted by atomic mass is 16.5. The van der Waals surface area contributed by atoms with Gasteiger partial charge in [-0.2, -0.15) is 0 Å². The molecule has 0 unspecified atom stereocenters. The number of likely N-dealkylation sites (tertiary alicyclic amines) is 1. The quantitative estimate of drug-likeness (QED) is 0.860. The molecule has 2 aliphatic rings. The zero-order chi connectivity index (χ0) is 17.3. The van der Waals surface area contributed by atoms with Gasteiger partial charge in [0.2, 0.25) is 17.7 Å². The number of carbonyl (C=O) groups excluding carboxylic acids is 3. The predicted octanol–water partition coefficient (Wildman–Crippen LogP) is 2.34. The number of anilines is 1. The van der Waals surface area contributed by atoms with E-state index in [4.69, 9.17) is 4.74 Å². The van der Waals surface area contributed by atoms with E-state index in [1.54, 1.807) is 31.2 Å². The second-order valence-electron chi connectivity index (χ2n) is 6.60. The fourth-order valence-electron chi connectivity index (χ4n) is 3.76. The van der Waals surface area contributed by atoms with Crippen molar-refractivity contribution in [2.24, 2.45) is 5.41 Å². The number of nitrogens with zero attached hydrogens (tertiary/aromatic N) is 1. The van der Waals surface area contributed by atoms with Gasteiger partial charge in [0.15, 0.2) is 0 Å². The van der Waals surface area contributed by atoms with E-state index in [9.17, 15) is 14.4 Å². The molecule has 1 atom stereocenters. The summed E-state index contributed by atoms with van der Waals surface area (Å²) in [5.41, 5.74) is -0.0395. The lowest BCUT2D eigenvalue weighted by Crippen LogP contribution is -2.46. The Kier molecular flexibility index (Phi) is 4.30. The summed E-state index contributed by atoms with van der Waals surface area (Å²) in [6.07, 6.45) is 3.66. The zero-order valence-corrected chi connectivity index (χ0v) is 14.0. The molecule has 2 fully saturated rings. The molecule has 1 aromatic carbocycles. The van der Waals surface area contributed by atoms with Crippen LogP contribution < -0.4 is 10.1 Å². The van der Waals surface area contributed by atoms with Gasteiger partial charge >= 0.3 is 0 Å². The van der Waals surface area contributed by atoms with Crippen molar-refractivity contribution >= 4 is 23.4 Å². The summed E-state index contributed by atoms with van der Waals surface area (Å²) >= 11 is 0. The van der Waals surface area contributed by atoms with E-state index in [-0.39, 0.29) is 18.2 Å². The normalized spacial score (nSPS) is 20.5. The second kappa shape index (κ2) is 6.26. The third-order valence-electron chi connectivity index (χ3n) is 5.12. The van der Waals surface area contributed by atoms with Crippen LogP contribution in [-0.2, 0) is 14.4 Å². The molecule has 6 heteroatoms. The van der Waals surface area contributed by atoms with Crippen LogP contribution in [0.2, 0.25) is 0 Å². The van der Waals surface area contributed by atoms with E-state index in [0.717, 1.165) is 30.6 Å². The summed E-state index contributed by atoms with van der Waals surface area (Å²) in [5.74, 6) is -0.294. The van der Waals surface area contributed by atoms with Gasteiger partial charge in [0.05, 0.1) is 18.2 Å². The Balaban J connectivity index is 1.76. The van der Waals surface area contributed by atoms with Crippen LogP contribution in [-0.4, -0.2) is 35.8 Å². The van der Waals surface area contributed by atoms with Crippen molar-refractivity contribution in [1.29, 1.82) is 0 Å². The van der Waals surface area contributed by atoms with Crippen molar-refractivity contribution < 1.29 is 19.1 Å². The van der Waals surface area contributed by atoms with Crippen molar-refractivity contribution in [3.63, 3.8) is 0 Å². The lowest BCUT2D eigenvalue weighted by atomic mass is 9.84. The molecule has 1 saturated heterocycles. The van der Waals surface area contributed by atoms with E-state index < -0.39 is 17.4 Å². The van der Waals surface area contributed by atoms with Crippen LogP contribution in [0.25, 0.3) is 0 Å². The summed E-state index contributed by atoms with van der Waals surface area (Å²) in [4.78, 5) is 38.8. The van der Waals surface area contributed by atoms with Crippen molar-refractivity contribution in [3.8, 4) is 5.75 Å². The van der Waals surface area contributed by atoms with E-state index >= 15 is 0 Å². The van der Waals surface area contributed by atoms with Crippen LogP contribution >= 0.6 is 0 Å². The summed E-state index contributed by atoms with van der Waals surface area (Å²) in [7, 11) is 1.52. The average Bonchev–Trinajstić information content (AvgIpc) is 3.13. The van der Waals surface area contributed by atoms with Gasteiger partial charge in [0.1, 0.15) is 11.8 Å². The predicted molar refractivity (Wildman–Crippen MR) is 88.5 cm³/mol. The third-order valence-corrected chi connectivity index (χ3v) is 5.12. The van der Waals surface area contributed by atoms with Gasteiger partial charge in [-0.05, 0) is 31.9 Å². The van der Waals surface area contributed by atoms with Gasteiger partial charge in [-0.25, -0.2) is 0 Å². The number of carbonyl (C=O) groups is 3. The second-order valence-corrected chi connectivity index (χ2v) is 6.60. The molecule has 128 valence electrons. The SMILES string of the molecule is COc1ccccc1NC(=O)[C@@H](C)N1C(=O)CC2(CCCC2)C1=O. The number of methoxy groups -OCH3 is 1. The molecule has 1 aliphatic heterocycles. The maximum Gasteiger partial charge on any atom is 0.247 e. The summed E-state index contributed by atoms with van der Waals surface area (Å²) < 4.78 is 5.21. The van der Waals surface area contributed by atoms with E-state index in [0.29, 0.717) is 11.4 Å². The lowest BCUT2D eigenvalue weighted by Gasteiger charge is -2.25. The Labute approximate surface area is 141 Å². The number of rotatable bonds is 4. The van der Waals surface area contributed by atoms with Gasteiger partial charge in [0.25, 0.3) is 0 Å².